The van der Waals surface area contributed by atoms with Crippen LogP contribution >= 0.6 is 0 Å². The molecular formula is C10H19N. The summed E-state index contributed by atoms with van der Waals surface area (Å²) in [5.74, 6) is 0.793. The first-order valence-electron chi connectivity index (χ1n) is 4.81. The molecule has 1 rings (SSSR count). The highest BCUT2D eigenvalue weighted by molar-refractivity contribution is 5.01. The van der Waals surface area contributed by atoms with E-state index >= 15 is 0 Å². The lowest BCUT2D eigenvalue weighted by atomic mass is 9.95. The van der Waals surface area contributed by atoms with E-state index in [1.807, 2.05) is 0 Å². The van der Waals surface area contributed by atoms with E-state index in [9.17, 15) is 0 Å². The highest BCUT2D eigenvalue weighted by atomic mass is 14.9. The summed E-state index contributed by atoms with van der Waals surface area (Å²) in [5.41, 5.74) is 0. The highest BCUT2D eigenvalue weighted by Crippen LogP contribution is 2.19. The lowest BCUT2D eigenvalue weighted by Gasteiger charge is -2.17. The van der Waals surface area contributed by atoms with Crippen molar-refractivity contribution in [2.24, 2.45) is 5.92 Å². The third kappa shape index (κ3) is 2.25. The van der Waals surface area contributed by atoms with Gasteiger partial charge in [0, 0.05) is 6.04 Å². The summed E-state index contributed by atoms with van der Waals surface area (Å²) in [7, 11) is 0. The topological polar surface area (TPSA) is 12.0 Å². The zero-order valence-corrected chi connectivity index (χ0v) is 7.64. The number of hydrogen-bond donors (Lipinski definition) is 1. The van der Waals surface area contributed by atoms with E-state index in [4.69, 9.17) is 0 Å². The van der Waals surface area contributed by atoms with Crippen molar-refractivity contribution in [3.8, 4) is 0 Å². The second kappa shape index (κ2) is 4.42. The Balaban J connectivity index is 2.23. The summed E-state index contributed by atoms with van der Waals surface area (Å²) in [5, 5.41) is 3.41. The van der Waals surface area contributed by atoms with Gasteiger partial charge < -0.3 is 5.32 Å². The molecule has 0 saturated heterocycles. The number of hydrogen-bond acceptors (Lipinski definition) is 1. The molecule has 2 unspecified atom stereocenters. The van der Waals surface area contributed by atoms with Crippen LogP contribution in [0, 0.1) is 5.92 Å². The van der Waals surface area contributed by atoms with Crippen molar-refractivity contribution >= 4 is 0 Å². The SMILES string of the molecule is CCCCC1NC=CC1CC. The van der Waals surface area contributed by atoms with Gasteiger partial charge in [0.1, 0.15) is 0 Å². The van der Waals surface area contributed by atoms with E-state index in [0.717, 1.165) is 12.0 Å². The molecule has 0 spiro atoms. The molecule has 0 aromatic rings. The Bertz CT molecular complexity index is 129. The smallest absolute Gasteiger partial charge is 0.0318 e. The lowest BCUT2D eigenvalue weighted by Crippen LogP contribution is -2.25. The standard InChI is InChI=1S/C10H19N/c1-3-5-6-10-9(4-2)7-8-11-10/h7-11H,3-6H2,1-2H3. The molecule has 11 heavy (non-hydrogen) atoms. The van der Waals surface area contributed by atoms with Crippen LogP contribution < -0.4 is 5.32 Å². The maximum absolute atomic E-state index is 3.41. The van der Waals surface area contributed by atoms with E-state index in [1.54, 1.807) is 0 Å². The molecular weight excluding hydrogens is 134 g/mol. The van der Waals surface area contributed by atoms with Crippen molar-refractivity contribution in [3.63, 3.8) is 0 Å². The fraction of sp³-hybridized carbons (Fsp3) is 0.800. The Morgan fingerprint density at radius 1 is 1.36 bits per heavy atom. The minimum absolute atomic E-state index is 0.736. The predicted octanol–water partition coefficient (Wildman–Crippen LogP) is 2.69. The highest BCUT2D eigenvalue weighted by Gasteiger charge is 2.19. The largest absolute Gasteiger partial charge is 0.388 e. The summed E-state index contributed by atoms with van der Waals surface area (Å²) in [6.45, 7) is 4.52. The van der Waals surface area contributed by atoms with Gasteiger partial charge in [-0.15, -0.1) is 0 Å². The van der Waals surface area contributed by atoms with Crippen LogP contribution in [-0.4, -0.2) is 6.04 Å². The fourth-order valence-electron chi connectivity index (χ4n) is 1.70. The summed E-state index contributed by atoms with van der Waals surface area (Å²) < 4.78 is 0. The maximum Gasteiger partial charge on any atom is 0.0318 e. The van der Waals surface area contributed by atoms with Crippen LogP contribution in [-0.2, 0) is 0 Å². The van der Waals surface area contributed by atoms with Crippen LogP contribution in [0.2, 0.25) is 0 Å². The molecule has 1 aliphatic rings. The first-order chi connectivity index (χ1) is 5.38. The first kappa shape index (κ1) is 8.63. The molecule has 2 atom stereocenters. The van der Waals surface area contributed by atoms with Crippen LogP contribution in [0.5, 0.6) is 0 Å². The minimum atomic E-state index is 0.736. The second-order valence-corrected chi connectivity index (χ2v) is 3.35. The van der Waals surface area contributed by atoms with Gasteiger partial charge in [-0.2, -0.15) is 0 Å². The molecule has 0 saturated carbocycles. The van der Waals surface area contributed by atoms with E-state index in [-0.39, 0.29) is 0 Å². The van der Waals surface area contributed by atoms with Crippen molar-refractivity contribution in [1.29, 1.82) is 0 Å². The minimum Gasteiger partial charge on any atom is -0.388 e. The molecule has 0 aromatic heterocycles. The summed E-state index contributed by atoms with van der Waals surface area (Å²) in [6.07, 6.45) is 9.71. The Labute approximate surface area is 69.9 Å². The van der Waals surface area contributed by atoms with Crippen molar-refractivity contribution in [1.82, 2.24) is 5.32 Å². The zero-order valence-electron chi connectivity index (χ0n) is 7.64. The number of nitrogens with one attached hydrogen (secondary N) is 1. The Kier molecular flexibility index (Phi) is 3.47. The monoisotopic (exact) mass is 153 g/mol. The van der Waals surface area contributed by atoms with E-state index < -0.39 is 0 Å². The van der Waals surface area contributed by atoms with Crippen LogP contribution in [0.1, 0.15) is 39.5 Å². The van der Waals surface area contributed by atoms with Crippen LogP contribution in [0.15, 0.2) is 12.3 Å². The van der Waals surface area contributed by atoms with Crippen LogP contribution in [0.3, 0.4) is 0 Å². The van der Waals surface area contributed by atoms with Gasteiger partial charge in [0.25, 0.3) is 0 Å². The van der Waals surface area contributed by atoms with Gasteiger partial charge in [0.05, 0.1) is 0 Å². The van der Waals surface area contributed by atoms with Crippen molar-refractivity contribution in [3.05, 3.63) is 12.3 Å². The lowest BCUT2D eigenvalue weighted by molar-refractivity contribution is 0.430. The maximum atomic E-state index is 3.41. The molecule has 1 heterocycles. The van der Waals surface area contributed by atoms with E-state index in [1.165, 1.54) is 25.7 Å². The van der Waals surface area contributed by atoms with Crippen molar-refractivity contribution < 1.29 is 0 Å². The normalized spacial score (nSPS) is 28.9. The predicted molar refractivity (Wildman–Crippen MR) is 49.4 cm³/mol. The quantitative estimate of drug-likeness (QED) is 0.654. The van der Waals surface area contributed by atoms with Crippen molar-refractivity contribution in [2.75, 3.05) is 0 Å². The van der Waals surface area contributed by atoms with Gasteiger partial charge in [-0.25, -0.2) is 0 Å². The molecule has 0 fully saturated rings. The molecule has 1 N–H and O–H groups in total. The average molecular weight is 153 g/mol. The summed E-state index contributed by atoms with van der Waals surface area (Å²) >= 11 is 0. The second-order valence-electron chi connectivity index (χ2n) is 3.35. The van der Waals surface area contributed by atoms with Crippen LogP contribution in [0.4, 0.5) is 0 Å². The molecule has 0 bridgehead atoms. The van der Waals surface area contributed by atoms with Gasteiger partial charge in [0.15, 0.2) is 0 Å². The van der Waals surface area contributed by atoms with Gasteiger partial charge in [-0.3, -0.25) is 0 Å². The molecule has 64 valence electrons. The summed E-state index contributed by atoms with van der Waals surface area (Å²) in [4.78, 5) is 0. The molecule has 0 aliphatic carbocycles. The zero-order chi connectivity index (χ0) is 8.10. The average Bonchev–Trinajstić information content (AvgIpc) is 2.47. The van der Waals surface area contributed by atoms with E-state index in [0.29, 0.717) is 0 Å². The van der Waals surface area contributed by atoms with Gasteiger partial charge >= 0.3 is 0 Å². The Morgan fingerprint density at radius 2 is 2.18 bits per heavy atom. The third-order valence-corrected chi connectivity index (χ3v) is 2.51. The fourth-order valence-corrected chi connectivity index (χ4v) is 1.70. The van der Waals surface area contributed by atoms with Crippen LogP contribution in [0.25, 0.3) is 0 Å². The van der Waals surface area contributed by atoms with Gasteiger partial charge in [-0.1, -0.05) is 32.8 Å². The number of rotatable bonds is 4. The van der Waals surface area contributed by atoms with E-state index in [2.05, 4.69) is 31.4 Å². The molecule has 1 nitrogen and oxygen atoms in total. The first-order valence-corrected chi connectivity index (χ1v) is 4.81. The Morgan fingerprint density at radius 3 is 2.82 bits per heavy atom. The van der Waals surface area contributed by atoms with Gasteiger partial charge in [-0.05, 0) is 25.0 Å². The molecule has 0 amide bonds. The van der Waals surface area contributed by atoms with Crippen molar-refractivity contribution in [2.45, 2.75) is 45.6 Å². The molecule has 0 aromatic carbocycles. The molecule has 0 radical (unpaired) electrons. The third-order valence-electron chi connectivity index (χ3n) is 2.51. The molecule has 1 heteroatoms. The van der Waals surface area contributed by atoms with Gasteiger partial charge in [0.2, 0.25) is 0 Å². The number of unbranched alkanes of at least 4 members (excludes halogenated alkanes) is 1. The Hall–Kier alpha value is -0.460. The molecule has 1 aliphatic heterocycles. The summed E-state index contributed by atoms with van der Waals surface area (Å²) in [6, 6.07) is 0.736.